The molecule has 0 atom stereocenters. The lowest BCUT2D eigenvalue weighted by Gasteiger charge is -1.98. The van der Waals surface area contributed by atoms with Crippen molar-refractivity contribution in [3.05, 3.63) is 32.6 Å². The fourth-order valence-corrected chi connectivity index (χ4v) is 2.16. The largest absolute Gasteiger partial charge is 0.381 e. The van der Waals surface area contributed by atoms with E-state index < -0.39 is 0 Å². The van der Waals surface area contributed by atoms with E-state index in [0.717, 1.165) is 9.90 Å². The zero-order chi connectivity index (χ0) is 10.1. The van der Waals surface area contributed by atoms with Crippen LogP contribution in [0.25, 0.3) is 0 Å². The standard InChI is InChI=1S/C8H7Cl2N3S/c9-6-4-13(12-8(6)11)3-5-1-2-14-7(5)10/h1-2,4H,3H2,(H2,11,12). The minimum Gasteiger partial charge on any atom is -0.381 e. The number of anilines is 1. The molecule has 2 aromatic heterocycles. The van der Waals surface area contributed by atoms with Crippen LogP contribution in [0, 0.1) is 0 Å². The van der Waals surface area contributed by atoms with Crippen LogP contribution in [0.2, 0.25) is 9.36 Å². The molecule has 0 aliphatic heterocycles. The summed E-state index contributed by atoms with van der Waals surface area (Å²) >= 11 is 13.2. The van der Waals surface area contributed by atoms with Crippen LogP contribution in [-0.4, -0.2) is 9.78 Å². The fourth-order valence-electron chi connectivity index (χ4n) is 1.10. The first-order chi connectivity index (χ1) is 6.66. The van der Waals surface area contributed by atoms with Crippen molar-refractivity contribution >= 4 is 40.4 Å². The summed E-state index contributed by atoms with van der Waals surface area (Å²) in [5.41, 5.74) is 6.54. The van der Waals surface area contributed by atoms with Gasteiger partial charge in [-0.2, -0.15) is 5.10 Å². The van der Waals surface area contributed by atoms with Gasteiger partial charge in [0.1, 0.15) is 5.02 Å². The Kier molecular flexibility index (Phi) is 2.67. The van der Waals surface area contributed by atoms with Crippen LogP contribution in [0.4, 0.5) is 5.82 Å². The average Bonchev–Trinajstić information content (AvgIpc) is 2.63. The molecule has 0 bridgehead atoms. The van der Waals surface area contributed by atoms with Crippen LogP contribution in [0.1, 0.15) is 5.56 Å². The van der Waals surface area contributed by atoms with Crippen LogP contribution >= 0.6 is 34.5 Å². The quantitative estimate of drug-likeness (QED) is 0.887. The molecular weight excluding hydrogens is 241 g/mol. The summed E-state index contributed by atoms with van der Waals surface area (Å²) in [5.74, 6) is 0.345. The highest BCUT2D eigenvalue weighted by molar-refractivity contribution is 7.14. The van der Waals surface area contributed by atoms with Gasteiger partial charge in [-0.3, -0.25) is 4.68 Å². The van der Waals surface area contributed by atoms with Crippen molar-refractivity contribution in [3.8, 4) is 0 Å². The Morgan fingerprint density at radius 3 is 2.79 bits per heavy atom. The molecule has 14 heavy (non-hydrogen) atoms. The van der Waals surface area contributed by atoms with Crippen LogP contribution in [-0.2, 0) is 6.54 Å². The molecule has 0 spiro atoms. The molecule has 3 nitrogen and oxygen atoms in total. The Morgan fingerprint density at radius 2 is 2.29 bits per heavy atom. The third kappa shape index (κ3) is 1.87. The summed E-state index contributed by atoms with van der Waals surface area (Å²) in [6.07, 6.45) is 1.69. The average molecular weight is 248 g/mol. The highest BCUT2D eigenvalue weighted by Crippen LogP contribution is 2.24. The van der Waals surface area contributed by atoms with Gasteiger partial charge in [0.25, 0.3) is 0 Å². The van der Waals surface area contributed by atoms with Crippen molar-refractivity contribution in [2.24, 2.45) is 0 Å². The smallest absolute Gasteiger partial charge is 0.164 e. The van der Waals surface area contributed by atoms with Gasteiger partial charge in [-0.25, -0.2) is 0 Å². The molecule has 0 aliphatic rings. The number of halogens is 2. The summed E-state index contributed by atoms with van der Waals surface area (Å²) in [5, 5.41) is 6.44. The van der Waals surface area contributed by atoms with E-state index in [0.29, 0.717) is 17.4 Å². The Hall–Kier alpha value is -0.710. The molecule has 2 rings (SSSR count). The monoisotopic (exact) mass is 247 g/mol. The Balaban J connectivity index is 2.23. The van der Waals surface area contributed by atoms with Crippen LogP contribution in [0.5, 0.6) is 0 Å². The van der Waals surface area contributed by atoms with E-state index in [1.807, 2.05) is 11.4 Å². The molecule has 0 aromatic carbocycles. The first-order valence-corrected chi connectivity index (χ1v) is 5.50. The zero-order valence-corrected chi connectivity index (χ0v) is 9.40. The molecular formula is C8H7Cl2N3S. The third-order valence-corrected chi connectivity index (χ3v) is 3.31. The lowest BCUT2D eigenvalue weighted by atomic mass is 10.3. The van der Waals surface area contributed by atoms with E-state index in [1.165, 1.54) is 11.3 Å². The van der Waals surface area contributed by atoms with E-state index in [4.69, 9.17) is 28.9 Å². The van der Waals surface area contributed by atoms with Gasteiger partial charge < -0.3 is 5.73 Å². The molecule has 6 heteroatoms. The number of nitrogen functional groups attached to an aromatic ring is 1. The Bertz CT molecular complexity index is 430. The molecule has 0 aliphatic carbocycles. The molecule has 0 fully saturated rings. The van der Waals surface area contributed by atoms with E-state index in [2.05, 4.69) is 5.10 Å². The number of hydrogen-bond donors (Lipinski definition) is 1. The topological polar surface area (TPSA) is 43.8 Å². The van der Waals surface area contributed by atoms with Gasteiger partial charge in [-0.15, -0.1) is 11.3 Å². The van der Waals surface area contributed by atoms with Gasteiger partial charge in [-0.1, -0.05) is 23.2 Å². The minimum atomic E-state index is 0.345. The Labute approximate surface area is 95.0 Å². The van der Waals surface area contributed by atoms with E-state index in [-0.39, 0.29) is 0 Å². The second kappa shape index (κ2) is 3.81. The van der Waals surface area contributed by atoms with Crippen molar-refractivity contribution in [3.63, 3.8) is 0 Å². The molecule has 0 saturated carbocycles. The molecule has 2 N–H and O–H groups in total. The van der Waals surface area contributed by atoms with Gasteiger partial charge in [0.05, 0.1) is 10.9 Å². The number of aromatic nitrogens is 2. The number of rotatable bonds is 2. The highest BCUT2D eigenvalue weighted by Gasteiger charge is 2.06. The molecule has 0 amide bonds. The first-order valence-electron chi connectivity index (χ1n) is 3.87. The summed E-state index contributed by atoms with van der Waals surface area (Å²) in [7, 11) is 0. The van der Waals surface area contributed by atoms with Crippen molar-refractivity contribution in [2.75, 3.05) is 5.73 Å². The Morgan fingerprint density at radius 1 is 1.50 bits per heavy atom. The van der Waals surface area contributed by atoms with Crippen LogP contribution in [0.15, 0.2) is 17.6 Å². The molecule has 2 aromatic rings. The summed E-state index contributed by atoms with van der Waals surface area (Å²) < 4.78 is 2.45. The molecule has 0 unspecified atom stereocenters. The van der Waals surface area contributed by atoms with E-state index in [1.54, 1.807) is 10.9 Å². The van der Waals surface area contributed by atoms with Crippen molar-refractivity contribution < 1.29 is 0 Å². The number of nitrogens with zero attached hydrogens (tertiary/aromatic N) is 2. The summed E-state index contributed by atoms with van der Waals surface area (Å²) in [4.78, 5) is 0. The van der Waals surface area contributed by atoms with Crippen molar-refractivity contribution in [1.82, 2.24) is 9.78 Å². The van der Waals surface area contributed by atoms with Gasteiger partial charge >= 0.3 is 0 Å². The molecule has 0 radical (unpaired) electrons. The SMILES string of the molecule is Nc1nn(Cc2ccsc2Cl)cc1Cl. The van der Waals surface area contributed by atoms with Crippen molar-refractivity contribution in [2.45, 2.75) is 6.54 Å². The zero-order valence-electron chi connectivity index (χ0n) is 7.08. The third-order valence-electron chi connectivity index (χ3n) is 1.77. The van der Waals surface area contributed by atoms with E-state index >= 15 is 0 Å². The van der Waals surface area contributed by atoms with Gasteiger partial charge in [0, 0.05) is 11.8 Å². The van der Waals surface area contributed by atoms with E-state index in [9.17, 15) is 0 Å². The number of thiophene rings is 1. The van der Waals surface area contributed by atoms with Gasteiger partial charge in [0.2, 0.25) is 0 Å². The van der Waals surface area contributed by atoms with Gasteiger partial charge in [-0.05, 0) is 11.4 Å². The fraction of sp³-hybridized carbons (Fsp3) is 0.125. The maximum Gasteiger partial charge on any atom is 0.164 e. The first kappa shape index (κ1) is 9.83. The van der Waals surface area contributed by atoms with Crippen LogP contribution < -0.4 is 5.73 Å². The summed E-state index contributed by atoms with van der Waals surface area (Å²) in [6.45, 7) is 0.596. The van der Waals surface area contributed by atoms with Gasteiger partial charge in [0.15, 0.2) is 5.82 Å². The lowest BCUT2D eigenvalue weighted by Crippen LogP contribution is -2.00. The maximum atomic E-state index is 5.95. The predicted molar refractivity (Wildman–Crippen MR) is 60.1 cm³/mol. The predicted octanol–water partition coefficient (Wildman–Crippen LogP) is 2.88. The molecule has 2 heterocycles. The number of hydrogen-bond acceptors (Lipinski definition) is 3. The molecule has 0 saturated heterocycles. The second-order valence-electron chi connectivity index (χ2n) is 2.78. The lowest BCUT2D eigenvalue weighted by molar-refractivity contribution is 0.692. The normalized spacial score (nSPS) is 10.7. The highest BCUT2D eigenvalue weighted by atomic mass is 35.5. The second-order valence-corrected chi connectivity index (χ2v) is 4.70. The van der Waals surface area contributed by atoms with Crippen molar-refractivity contribution in [1.29, 1.82) is 0 Å². The molecule has 74 valence electrons. The minimum absolute atomic E-state index is 0.345. The van der Waals surface area contributed by atoms with Crippen LogP contribution in [0.3, 0.4) is 0 Å². The maximum absolute atomic E-state index is 5.95. The number of nitrogens with two attached hydrogens (primary N) is 1. The summed E-state index contributed by atoms with van der Waals surface area (Å²) in [6, 6.07) is 1.96.